The number of aliphatic hydroxyl groups is 1. The smallest absolute Gasteiger partial charge is 0.327 e. The largest absolute Gasteiger partial charge is 0.480 e. The molecule has 0 aliphatic rings. The van der Waals surface area contributed by atoms with Crippen LogP contribution in [0.4, 0.5) is 0 Å². The lowest BCUT2D eigenvalue weighted by Gasteiger charge is -2.25. The summed E-state index contributed by atoms with van der Waals surface area (Å²) in [6.07, 6.45) is 0.540. The summed E-state index contributed by atoms with van der Waals surface area (Å²) < 4.78 is 0. The van der Waals surface area contributed by atoms with E-state index in [1.165, 1.54) is 6.92 Å². The van der Waals surface area contributed by atoms with Gasteiger partial charge in [-0.2, -0.15) is 12.6 Å². The van der Waals surface area contributed by atoms with Crippen molar-refractivity contribution in [3.63, 3.8) is 0 Å². The minimum absolute atomic E-state index is 0.0872. The summed E-state index contributed by atoms with van der Waals surface area (Å²) in [6.45, 7) is 1.90. The first-order valence-electron chi connectivity index (χ1n) is 10.9. The van der Waals surface area contributed by atoms with E-state index in [1.807, 2.05) is 0 Å². The van der Waals surface area contributed by atoms with Crippen LogP contribution in [-0.2, 0) is 19.2 Å². The number of thiol groups is 1. The van der Waals surface area contributed by atoms with Gasteiger partial charge >= 0.3 is 5.97 Å². The van der Waals surface area contributed by atoms with Crippen LogP contribution in [0.1, 0.15) is 39.0 Å². The normalized spacial score (nSPS) is 15.2. The third kappa shape index (κ3) is 12.6. The highest BCUT2D eigenvalue weighted by Crippen LogP contribution is 2.06. The number of aliphatic imine (C=N–C) groups is 1. The van der Waals surface area contributed by atoms with Gasteiger partial charge < -0.3 is 49.1 Å². The number of carboxylic acid groups (broad SMARTS) is 1. The maximum absolute atomic E-state index is 13.0. The molecule has 0 aliphatic carbocycles. The number of guanidine groups is 1. The van der Waals surface area contributed by atoms with Crippen LogP contribution >= 0.6 is 12.6 Å². The number of hydrogen-bond donors (Lipinski definition) is 10. The zero-order valence-electron chi connectivity index (χ0n) is 19.3. The number of carboxylic acids is 1. The fourth-order valence-electron chi connectivity index (χ4n) is 2.75. The summed E-state index contributed by atoms with van der Waals surface area (Å²) in [5.41, 5.74) is 21.7. The molecule has 5 atom stereocenters. The Labute approximate surface area is 204 Å². The standard InChI is InChI=1S/C19H38N8O6S/c1-10(28)14(21)17(31)26-11(5-2-3-7-20)15(29)25-12(6-4-8-24-19(22)23)16(30)27-13(9-34)18(32)33/h10-14,28,34H,2-9,20-21H2,1H3,(H,25,29)(H,26,31)(H,27,30)(H,32,33)(H4,22,23,24). The van der Waals surface area contributed by atoms with Gasteiger partial charge in [-0.3, -0.25) is 19.4 Å². The highest BCUT2D eigenvalue weighted by atomic mass is 32.1. The van der Waals surface area contributed by atoms with E-state index < -0.39 is 54.0 Å². The summed E-state index contributed by atoms with van der Waals surface area (Å²) in [5.74, 6) is -3.74. The zero-order valence-corrected chi connectivity index (χ0v) is 20.2. The number of rotatable bonds is 17. The number of nitrogens with zero attached hydrogens (tertiary/aromatic N) is 1. The second kappa shape index (κ2) is 16.9. The summed E-state index contributed by atoms with van der Waals surface area (Å²) in [4.78, 5) is 53.1. The Bertz CT molecular complexity index is 704. The van der Waals surface area contributed by atoms with Gasteiger partial charge in [-0.25, -0.2) is 4.79 Å². The Morgan fingerprint density at radius 1 is 0.912 bits per heavy atom. The SMILES string of the molecule is CC(O)C(N)C(=O)NC(CCCCN)C(=O)NC(CCCN=C(N)N)C(=O)NC(CS)C(=O)O. The molecule has 0 aromatic carbocycles. The molecule has 0 saturated heterocycles. The Balaban J connectivity index is 5.52. The van der Waals surface area contributed by atoms with E-state index in [-0.39, 0.29) is 31.1 Å². The van der Waals surface area contributed by atoms with Gasteiger partial charge in [-0.15, -0.1) is 0 Å². The van der Waals surface area contributed by atoms with Crippen LogP contribution in [0.5, 0.6) is 0 Å². The third-order valence-corrected chi connectivity index (χ3v) is 5.14. The first-order valence-corrected chi connectivity index (χ1v) is 11.5. The van der Waals surface area contributed by atoms with Gasteiger partial charge in [0.1, 0.15) is 24.2 Å². The molecule has 196 valence electrons. The van der Waals surface area contributed by atoms with E-state index in [9.17, 15) is 29.4 Å². The lowest BCUT2D eigenvalue weighted by molar-refractivity contribution is -0.141. The minimum Gasteiger partial charge on any atom is -0.480 e. The van der Waals surface area contributed by atoms with Gasteiger partial charge in [0.15, 0.2) is 5.96 Å². The van der Waals surface area contributed by atoms with Gasteiger partial charge in [0.2, 0.25) is 17.7 Å². The summed E-state index contributed by atoms with van der Waals surface area (Å²) in [7, 11) is 0. The first kappa shape index (κ1) is 31.4. The molecule has 0 rings (SSSR count). The topological polar surface area (TPSA) is 261 Å². The fraction of sp³-hybridized carbons (Fsp3) is 0.737. The van der Waals surface area contributed by atoms with Crippen molar-refractivity contribution in [2.45, 2.75) is 69.3 Å². The molecule has 0 aliphatic heterocycles. The molecule has 0 aromatic heterocycles. The molecule has 0 aromatic rings. The van der Waals surface area contributed by atoms with Gasteiger partial charge in [-0.1, -0.05) is 0 Å². The number of nitrogens with one attached hydrogen (secondary N) is 3. The van der Waals surface area contributed by atoms with E-state index in [1.54, 1.807) is 0 Å². The van der Waals surface area contributed by atoms with E-state index >= 15 is 0 Å². The van der Waals surface area contributed by atoms with Crippen LogP contribution in [0.15, 0.2) is 4.99 Å². The van der Waals surface area contributed by atoms with Crippen LogP contribution in [0.25, 0.3) is 0 Å². The molecule has 14 nitrogen and oxygen atoms in total. The van der Waals surface area contributed by atoms with Crippen molar-refractivity contribution in [3.05, 3.63) is 0 Å². The molecule has 3 amide bonds. The number of aliphatic hydroxyl groups excluding tert-OH is 1. The van der Waals surface area contributed by atoms with Crippen LogP contribution in [0, 0.1) is 0 Å². The Hall–Kier alpha value is -2.62. The molecular weight excluding hydrogens is 468 g/mol. The minimum atomic E-state index is -1.28. The predicted octanol–water partition coefficient (Wildman–Crippen LogP) is -3.65. The number of hydrogen-bond acceptors (Lipinski definition) is 9. The number of unbranched alkanes of at least 4 members (excludes halogenated alkanes) is 1. The van der Waals surface area contributed by atoms with Crippen molar-refractivity contribution in [3.8, 4) is 0 Å². The van der Waals surface area contributed by atoms with Crippen LogP contribution in [-0.4, -0.2) is 89.0 Å². The highest BCUT2D eigenvalue weighted by Gasteiger charge is 2.30. The maximum atomic E-state index is 13.0. The molecular formula is C19H38N8O6S. The lowest BCUT2D eigenvalue weighted by Crippen LogP contribution is -2.58. The Morgan fingerprint density at radius 2 is 1.41 bits per heavy atom. The lowest BCUT2D eigenvalue weighted by atomic mass is 10.0. The molecule has 0 spiro atoms. The molecule has 0 fully saturated rings. The van der Waals surface area contributed by atoms with Crippen molar-refractivity contribution < 1.29 is 29.4 Å². The fourth-order valence-corrected chi connectivity index (χ4v) is 3.00. The Kier molecular flexibility index (Phi) is 15.6. The second-order valence-electron chi connectivity index (χ2n) is 7.70. The van der Waals surface area contributed by atoms with Gasteiger partial charge in [0.05, 0.1) is 6.10 Å². The molecule has 0 radical (unpaired) electrons. The number of nitrogens with two attached hydrogens (primary N) is 4. The zero-order chi connectivity index (χ0) is 26.3. The molecule has 34 heavy (non-hydrogen) atoms. The average Bonchev–Trinajstić information content (AvgIpc) is 2.77. The van der Waals surface area contributed by atoms with Crippen molar-refractivity contribution >= 4 is 42.3 Å². The van der Waals surface area contributed by atoms with E-state index in [0.29, 0.717) is 25.8 Å². The molecule has 0 heterocycles. The molecule has 0 bridgehead atoms. The maximum Gasteiger partial charge on any atom is 0.327 e. The number of carbonyl (C=O) groups excluding carboxylic acids is 3. The van der Waals surface area contributed by atoms with Crippen LogP contribution in [0.2, 0.25) is 0 Å². The van der Waals surface area contributed by atoms with E-state index in [4.69, 9.17) is 22.9 Å². The highest BCUT2D eigenvalue weighted by molar-refractivity contribution is 7.80. The quantitative estimate of drug-likeness (QED) is 0.0400. The number of aliphatic carboxylic acids is 1. The predicted molar refractivity (Wildman–Crippen MR) is 130 cm³/mol. The third-order valence-electron chi connectivity index (χ3n) is 4.78. The van der Waals surface area contributed by atoms with Gasteiger partial charge in [-0.05, 0) is 45.6 Å². The van der Waals surface area contributed by atoms with E-state index in [2.05, 4.69) is 33.6 Å². The molecule has 0 saturated carbocycles. The first-order chi connectivity index (χ1) is 15.9. The van der Waals surface area contributed by atoms with Crippen molar-refractivity contribution in [1.29, 1.82) is 0 Å². The molecule has 5 unspecified atom stereocenters. The molecule has 15 heteroatoms. The summed E-state index contributed by atoms with van der Waals surface area (Å²) >= 11 is 3.91. The average molecular weight is 507 g/mol. The number of amides is 3. The van der Waals surface area contributed by atoms with Crippen LogP contribution < -0.4 is 38.9 Å². The van der Waals surface area contributed by atoms with Gasteiger partial charge in [0.25, 0.3) is 0 Å². The summed E-state index contributed by atoms with van der Waals surface area (Å²) in [5, 5.41) is 26.1. The second-order valence-corrected chi connectivity index (χ2v) is 8.07. The Morgan fingerprint density at radius 3 is 1.85 bits per heavy atom. The van der Waals surface area contributed by atoms with Gasteiger partial charge in [0, 0.05) is 12.3 Å². The van der Waals surface area contributed by atoms with E-state index in [0.717, 1.165) is 0 Å². The van der Waals surface area contributed by atoms with Crippen LogP contribution in [0.3, 0.4) is 0 Å². The van der Waals surface area contributed by atoms with Crippen molar-refractivity contribution in [2.75, 3.05) is 18.8 Å². The number of carbonyl (C=O) groups is 4. The summed E-state index contributed by atoms with van der Waals surface area (Å²) in [6, 6.07) is -4.72. The van der Waals surface area contributed by atoms with Crippen molar-refractivity contribution in [1.82, 2.24) is 16.0 Å². The monoisotopic (exact) mass is 506 g/mol. The van der Waals surface area contributed by atoms with Crippen molar-refractivity contribution in [2.24, 2.45) is 27.9 Å². The molecule has 13 N–H and O–H groups in total.